The van der Waals surface area contributed by atoms with Gasteiger partial charge in [0.25, 0.3) is 6.01 Å². The Morgan fingerprint density at radius 1 is 1.19 bits per heavy atom. The number of carbonyl (C=O) groups is 2. The van der Waals surface area contributed by atoms with Gasteiger partial charge in [-0.05, 0) is 94.9 Å². The summed E-state index contributed by atoms with van der Waals surface area (Å²) in [5.74, 6) is -0.577. The lowest BCUT2D eigenvalue weighted by molar-refractivity contribution is -0.137. The molecule has 3 rings (SSSR count). The molecule has 0 bridgehead atoms. The Morgan fingerprint density at radius 2 is 1.83 bits per heavy atom. The maximum absolute atomic E-state index is 12.8. The number of halogens is 2. The Bertz CT molecular complexity index is 1360. The summed E-state index contributed by atoms with van der Waals surface area (Å²) < 4.78 is 17.1. The molecule has 1 heterocycles. The maximum atomic E-state index is 12.8. The number of hydrogen-bond acceptors (Lipinski definition) is 8. The number of anilines is 2. The summed E-state index contributed by atoms with van der Waals surface area (Å²) in [5, 5.41) is 15.2. The van der Waals surface area contributed by atoms with Crippen LogP contribution in [0.15, 0.2) is 42.4 Å². The molecule has 0 fully saturated rings. The third kappa shape index (κ3) is 6.55. The smallest absolute Gasteiger partial charge is 0.412 e. The molecule has 0 saturated heterocycles. The summed E-state index contributed by atoms with van der Waals surface area (Å²) in [6.07, 6.45) is -0.598. The van der Waals surface area contributed by atoms with Crippen LogP contribution in [0.4, 0.5) is 16.5 Å². The second-order valence-corrected chi connectivity index (χ2v) is 10.6. The van der Waals surface area contributed by atoms with E-state index < -0.39 is 29.3 Å². The van der Waals surface area contributed by atoms with E-state index in [0.29, 0.717) is 31.5 Å². The second kappa shape index (κ2) is 10.9. The minimum Gasteiger partial charge on any atom is -0.494 e. The molecular formula is C24H25Br2N3O7. The Hall–Kier alpha value is -3.12. The van der Waals surface area contributed by atoms with Crippen LogP contribution in [0.3, 0.4) is 0 Å². The number of carboxylic acids is 1. The average Bonchev–Trinajstić information content (AvgIpc) is 2.73. The quantitative estimate of drug-likeness (QED) is 0.311. The molecule has 10 nitrogen and oxygen atoms in total. The number of hydrogen-bond donors (Lipinski definition) is 3. The SMILES string of the molecule is COc1c(Br)cc(C[C@H](Nc2nc3ccc(NC(=O)OC(C)(C)C)c(C)c3c(=O)o2)C(=O)O)cc1Br. The molecule has 3 aromatic rings. The van der Waals surface area contributed by atoms with Crippen LogP contribution in [0.5, 0.6) is 5.75 Å². The number of aromatic nitrogens is 1. The molecule has 0 aliphatic carbocycles. The van der Waals surface area contributed by atoms with Gasteiger partial charge in [0.05, 0.1) is 27.0 Å². The van der Waals surface area contributed by atoms with Gasteiger partial charge >= 0.3 is 17.7 Å². The van der Waals surface area contributed by atoms with Crippen LogP contribution in [0, 0.1) is 6.92 Å². The number of fused-ring (bicyclic) bond motifs is 1. The highest BCUT2D eigenvalue weighted by atomic mass is 79.9. The molecule has 1 atom stereocenters. The lowest BCUT2D eigenvalue weighted by Gasteiger charge is -2.20. The predicted octanol–water partition coefficient (Wildman–Crippen LogP) is 5.48. The van der Waals surface area contributed by atoms with Crippen LogP contribution >= 0.6 is 31.9 Å². The van der Waals surface area contributed by atoms with E-state index in [9.17, 15) is 19.5 Å². The molecule has 12 heteroatoms. The Labute approximate surface area is 223 Å². The van der Waals surface area contributed by atoms with Crippen molar-refractivity contribution >= 4 is 66.5 Å². The van der Waals surface area contributed by atoms with Gasteiger partial charge in [-0.3, -0.25) is 5.32 Å². The first-order valence-corrected chi connectivity index (χ1v) is 12.3. The van der Waals surface area contributed by atoms with Gasteiger partial charge in [0.15, 0.2) is 0 Å². The molecule has 0 aliphatic heterocycles. The summed E-state index contributed by atoms with van der Waals surface area (Å²) in [6.45, 7) is 6.86. The van der Waals surface area contributed by atoms with E-state index in [1.807, 2.05) is 0 Å². The van der Waals surface area contributed by atoms with Gasteiger partial charge in [-0.2, -0.15) is 4.98 Å². The molecule has 1 amide bonds. The Kier molecular flexibility index (Phi) is 8.29. The molecule has 2 aromatic carbocycles. The highest BCUT2D eigenvalue weighted by molar-refractivity contribution is 9.11. The number of aryl methyl sites for hydroxylation is 1. The van der Waals surface area contributed by atoms with Crippen molar-refractivity contribution in [3.05, 3.63) is 54.8 Å². The van der Waals surface area contributed by atoms with E-state index in [0.717, 1.165) is 0 Å². The first kappa shape index (κ1) is 27.5. The van der Waals surface area contributed by atoms with E-state index in [1.165, 1.54) is 13.2 Å². The van der Waals surface area contributed by atoms with Crippen molar-refractivity contribution in [3.63, 3.8) is 0 Å². The van der Waals surface area contributed by atoms with Gasteiger partial charge in [0, 0.05) is 12.1 Å². The number of methoxy groups -OCH3 is 1. The summed E-state index contributed by atoms with van der Waals surface area (Å²) in [4.78, 5) is 41.2. The van der Waals surface area contributed by atoms with Crippen LogP contribution in [0.25, 0.3) is 10.9 Å². The largest absolute Gasteiger partial charge is 0.494 e. The monoisotopic (exact) mass is 625 g/mol. The van der Waals surface area contributed by atoms with Crippen molar-refractivity contribution in [2.75, 3.05) is 17.7 Å². The van der Waals surface area contributed by atoms with Gasteiger partial charge in [0.2, 0.25) is 0 Å². The molecule has 0 spiro atoms. The van der Waals surface area contributed by atoms with Crippen molar-refractivity contribution in [2.24, 2.45) is 0 Å². The van der Waals surface area contributed by atoms with E-state index >= 15 is 0 Å². The first-order chi connectivity index (χ1) is 16.8. The van der Waals surface area contributed by atoms with Crippen LogP contribution in [-0.2, 0) is 16.0 Å². The predicted molar refractivity (Wildman–Crippen MR) is 142 cm³/mol. The summed E-state index contributed by atoms with van der Waals surface area (Å²) in [7, 11) is 1.53. The van der Waals surface area contributed by atoms with Crippen LogP contribution in [0.1, 0.15) is 31.9 Å². The van der Waals surface area contributed by atoms with Crippen molar-refractivity contribution in [1.29, 1.82) is 0 Å². The lowest BCUT2D eigenvalue weighted by Crippen LogP contribution is -2.32. The fourth-order valence-electron chi connectivity index (χ4n) is 3.44. The molecule has 36 heavy (non-hydrogen) atoms. The zero-order valence-corrected chi connectivity index (χ0v) is 23.4. The Morgan fingerprint density at radius 3 is 2.39 bits per heavy atom. The zero-order valence-electron chi connectivity index (χ0n) is 20.2. The summed E-state index contributed by atoms with van der Waals surface area (Å²) >= 11 is 6.80. The third-order valence-electron chi connectivity index (χ3n) is 4.99. The number of amides is 1. The third-order valence-corrected chi connectivity index (χ3v) is 6.17. The first-order valence-electron chi connectivity index (χ1n) is 10.7. The van der Waals surface area contributed by atoms with Crippen LogP contribution < -0.4 is 21.0 Å². The number of nitrogens with zero attached hydrogens (tertiary/aromatic N) is 1. The number of aliphatic carboxylic acids is 1. The van der Waals surface area contributed by atoms with Gasteiger partial charge in [-0.1, -0.05) is 0 Å². The van der Waals surface area contributed by atoms with Crippen molar-refractivity contribution in [1.82, 2.24) is 4.98 Å². The molecule has 3 N–H and O–H groups in total. The summed E-state index contributed by atoms with van der Waals surface area (Å²) in [5.41, 5.74) is 0.354. The molecule has 0 aliphatic rings. The normalized spacial score (nSPS) is 12.2. The molecule has 0 unspecified atom stereocenters. The number of benzene rings is 2. The van der Waals surface area contributed by atoms with Crippen molar-refractivity contribution in [3.8, 4) is 5.75 Å². The fourth-order valence-corrected chi connectivity index (χ4v) is 5.05. The Balaban J connectivity index is 1.88. The number of ether oxygens (including phenoxy) is 2. The minimum atomic E-state index is -1.16. The summed E-state index contributed by atoms with van der Waals surface area (Å²) in [6, 6.07) is 5.23. The number of rotatable bonds is 7. The van der Waals surface area contributed by atoms with Crippen LogP contribution in [-0.4, -0.2) is 40.9 Å². The van der Waals surface area contributed by atoms with Crippen molar-refractivity contribution in [2.45, 2.75) is 45.8 Å². The highest BCUT2D eigenvalue weighted by Crippen LogP contribution is 2.35. The average molecular weight is 627 g/mol. The van der Waals surface area contributed by atoms with Gasteiger partial charge < -0.3 is 24.3 Å². The van der Waals surface area contributed by atoms with E-state index in [4.69, 9.17) is 13.9 Å². The van der Waals surface area contributed by atoms with Gasteiger partial charge in [-0.25, -0.2) is 14.4 Å². The topological polar surface area (TPSA) is 140 Å². The molecule has 1 aromatic heterocycles. The van der Waals surface area contributed by atoms with Crippen LogP contribution in [0.2, 0.25) is 0 Å². The van der Waals surface area contributed by atoms with E-state index in [2.05, 4.69) is 47.5 Å². The lowest BCUT2D eigenvalue weighted by atomic mass is 10.1. The van der Waals surface area contributed by atoms with Crippen molar-refractivity contribution < 1.29 is 28.6 Å². The van der Waals surface area contributed by atoms with E-state index in [-0.39, 0.29) is 23.3 Å². The number of carbonyl (C=O) groups excluding carboxylic acids is 1. The highest BCUT2D eigenvalue weighted by Gasteiger charge is 2.23. The standard InChI is InChI=1S/C24H25Br2N3O7/c1-11-15(29-23(33)36-24(2,3)4)6-7-16-18(11)21(32)35-22(27-16)28-17(20(30)31)10-12-8-13(25)19(34-5)14(26)9-12/h6-9,17H,10H2,1-5H3,(H,27,28)(H,29,33)(H,30,31)/t17-/m0/s1. The molecule has 0 radical (unpaired) electrons. The van der Waals surface area contributed by atoms with E-state index in [1.54, 1.807) is 45.9 Å². The minimum absolute atomic E-state index is 0.0672. The van der Waals surface area contributed by atoms with Gasteiger partial charge in [-0.15, -0.1) is 0 Å². The second-order valence-electron chi connectivity index (χ2n) is 8.90. The number of carboxylic acid groups (broad SMARTS) is 1. The molecular weight excluding hydrogens is 602 g/mol. The fraction of sp³-hybridized carbons (Fsp3) is 0.333. The molecule has 192 valence electrons. The number of nitrogens with one attached hydrogen (secondary N) is 2. The maximum Gasteiger partial charge on any atom is 0.412 e. The van der Waals surface area contributed by atoms with Gasteiger partial charge in [0.1, 0.15) is 17.4 Å². The molecule has 0 saturated carbocycles. The zero-order chi connectivity index (χ0) is 26.8.